The molecule has 0 saturated heterocycles. The zero-order valence-corrected chi connectivity index (χ0v) is 16.5. The molecule has 1 aliphatic carbocycles. The molecule has 0 radical (unpaired) electrons. The fraction of sp³-hybridized carbons (Fsp3) is 0.368. The van der Waals surface area contributed by atoms with Crippen molar-refractivity contribution in [3.8, 4) is 0 Å². The summed E-state index contributed by atoms with van der Waals surface area (Å²) >= 11 is 0. The van der Waals surface area contributed by atoms with E-state index in [0.717, 1.165) is 17.7 Å². The molecular weight excluding hydrogens is 410 g/mol. The maximum absolute atomic E-state index is 13.3. The molecule has 0 heterocycles. The van der Waals surface area contributed by atoms with Crippen LogP contribution in [0.1, 0.15) is 30.9 Å². The molecule has 0 aliphatic heterocycles. The largest absolute Gasteiger partial charge is 0.418 e. The minimum absolute atomic E-state index is 0.0469. The molecule has 158 valence electrons. The van der Waals surface area contributed by atoms with Crippen molar-refractivity contribution >= 4 is 21.6 Å². The van der Waals surface area contributed by atoms with Crippen molar-refractivity contribution in [1.29, 1.82) is 0 Å². The lowest BCUT2D eigenvalue weighted by atomic mass is 10.0. The van der Waals surface area contributed by atoms with Gasteiger partial charge >= 0.3 is 6.18 Å². The lowest BCUT2D eigenvalue weighted by molar-refractivity contribution is -0.137. The number of benzene rings is 2. The van der Waals surface area contributed by atoms with Crippen molar-refractivity contribution in [2.45, 2.75) is 25.9 Å². The van der Waals surface area contributed by atoms with Crippen LogP contribution in [0, 0.1) is 17.2 Å². The van der Waals surface area contributed by atoms with E-state index in [1.165, 1.54) is 0 Å². The smallest absolute Gasteiger partial charge is 0.384 e. The maximum atomic E-state index is 13.3. The van der Waals surface area contributed by atoms with E-state index in [4.69, 9.17) is 5.14 Å². The lowest BCUT2D eigenvalue weighted by Gasteiger charge is -2.15. The Hall–Kier alpha value is -2.33. The van der Waals surface area contributed by atoms with Crippen LogP contribution in [0.15, 0.2) is 42.5 Å². The Kier molecular flexibility index (Phi) is 5.29. The number of anilines is 2. The van der Waals surface area contributed by atoms with Crippen molar-refractivity contribution in [2.24, 2.45) is 16.5 Å². The van der Waals surface area contributed by atoms with E-state index in [0.29, 0.717) is 11.8 Å². The van der Waals surface area contributed by atoms with Crippen molar-refractivity contribution < 1.29 is 26.0 Å². The molecule has 2 unspecified atom stereocenters. The van der Waals surface area contributed by atoms with E-state index in [1.807, 2.05) is 13.8 Å². The fourth-order valence-corrected chi connectivity index (χ4v) is 4.30. The highest BCUT2D eigenvalue weighted by molar-refractivity contribution is 7.90. The van der Waals surface area contributed by atoms with Gasteiger partial charge in [0.15, 0.2) is 0 Å². The van der Waals surface area contributed by atoms with Crippen LogP contribution in [0.4, 0.5) is 28.9 Å². The fourth-order valence-electron chi connectivity index (χ4n) is 3.83. The van der Waals surface area contributed by atoms with Crippen LogP contribution >= 0.6 is 0 Å². The number of nitrogens with two attached hydrogens (primary N) is 1. The first-order valence-corrected chi connectivity index (χ1v) is 10.3. The molecule has 3 rings (SSSR count). The molecule has 10 heteroatoms. The zero-order valence-electron chi connectivity index (χ0n) is 15.7. The van der Waals surface area contributed by atoms with Gasteiger partial charge in [-0.15, -0.1) is 0 Å². The number of halogens is 4. The molecule has 1 saturated carbocycles. The predicted octanol–water partition coefficient (Wildman–Crippen LogP) is 4.31. The van der Waals surface area contributed by atoms with E-state index >= 15 is 0 Å². The first-order chi connectivity index (χ1) is 13.3. The van der Waals surface area contributed by atoms with Crippen LogP contribution in [0.2, 0.25) is 0 Å². The van der Waals surface area contributed by atoms with Gasteiger partial charge in [0, 0.05) is 17.9 Å². The topological polar surface area (TPSA) is 84.2 Å². The van der Waals surface area contributed by atoms with Gasteiger partial charge in [0.2, 0.25) is 0 Å². The highest BCUT2D eigenvalue weighted by Crippen LogP contribution is 2.64. The average Bonchev–Trinajstić information content (AvgIpc) is 3.13. The average molecular weight is 431 g/mol. The summed E-state index contributed by atoms with van der Waals surface area (Å²) in [6.07, 6.45) is -4.66. The van der Waals surface area contributed by atoms with Gasteiger partial charge in [-0.1, -0.05) is 26.0 Å². The summed E-state index contributed by atoms with van der Waals surface area (Å²) in [5, 5.41) is 7.75. The first-order valence-electron chi connectivity index (χ1n) is 8.80. The van der Waals surface area contributed by atoms with Crippen LogP contribution in [0.25, 0.3) is 0 Å². The zero-order chi connectivity index (χ0) is 21.6. The van der Waals surface area contributed by atoms with E-state index in [2.05, 4.69) is 10.0 Å². The van der Waals surface area contributed by atoms with Gasteiger partial charge in [-0.25, -0.2) is 9.53 Å². The molecular formula is C19H21F4N3O2S. The normalized spacial score (nSPS) is 20.9. The quantitative estimate of drug-likeness (QED) is 0.596. The molecule has 0 amide bonds. The molecule has 5 nitrogen and oxygen atoms in total. The highest BCUT2D eigenvalue weighted by Gasteiger charge is 2.57. The van der Waals surface area contributed by atoms with Crippen LogP contribution in [-0.2, 0) is 16.4 Å². The molecule has 0 aromatic heterocycles. The second-order valence-corrected chi connectivity index (χ2v) is 9.04. The summed E-state index contributed by atoms with van der Waals surface area (Å²) in [7, 11) is -3.87. The van der Waals surface area contributed by atoms with Gasteiger partial charge in [-0.2, -0.15) is 21.6 Å². The van der Waals surface area contributed by atoms with Gasteiger partial charge < -0.3 is 5.32 Å². The Morgan fingerprint density at radius 3 is 2.28 bits per heavy atom. The standard InChI is InChI=1S/C19H21F4N3O2S/c1-18(2)15(10-25-16-8-5-12(20)9-14(16)19(21,22)23)17(18)11-3-6-13(7-4-11)26-29(24,27)28/h3-9,15,17,25-26H,10H2,1-2H3,(H2,24,27,28). The Bertz CT molecular complexity index is 1010. The molecule has 2 atom stereocenters. The van der Waals surface area contributed by atoms with Gasteiger partial charge in [0.25, 0.3) is 10.2 Å². The van der Waals surface area contributed by atoms with Crippen molar-refractivity contribution in [3.63, 3.8) is 0 Å². The minimum atomic E-state index is -4.66. The molecule has 0 spiro atoms. The maximum Gasteiger partial charge on any atom is 0.418 e. The van der Waals surface area contributed by atoms with Crippen LogP contribution in [0.5, 0.6) is 0 Å². The summed E-state index contributed by atoms with van der Waals surface area (Å²) in [5.41, 5.74) is -0.0956. The van der Waals surface area contributed by atoms with Crippen LogP contribution in [-0.4, -0.2) is 15.0 Å². The van der Waals surface area contributed by atoms with E-state index < -0.39 is 27.8 Å². The Labute approximate surface area is 166 Å². The van der Waals surface area contributed by atoms with E-state index in [9.17, 15) is 26.0 Å². The third-order valence-corrected chi connectivity index (χ3v) is 5.90. The van der Waals surface area contributed by atoms with Crippen molar-refractivity contribution in [1.82, 2.24) is 0 Å². The van der Waals surface area contributed by atoms with Gasteiger partial charge in [-0.3, -0.25) is 4.72 Å². The summed E-state index contributed by atoms with van der Waals surface area (Å²) in [6, 6.07) is 9.26. The van der Waals surface area contributed by atoms with Crippen molar-refractivity contribution in [2.75, 3.05) is 16.6 Å². The summed E-state index contributed by atoms with van der Waals surface area (Å²) < 4.78 is 77.0. The summed E-state index contributed by atoms with van der Waals surface area (Å²) in [5.74, 6) is -0.820. The van der Waals surface area contributed by atoms with Gasteiger partial charge in [-0.05, 0) is 53.1 Å². The number of nitrogens with one attached hydrogen (secondary N) is 2. The van der Waals surface area contributed by atoms with Gasteiger partial charge in [0.05, 0.1) is 5.56 Å². The number of rotatable bonds is 6. The number of alkyl halides is 3. The van der Waals surface area contributed by atoms with E-state index in [1.54, 1.807) is 24.3 Å². The monoisotopic (exact) mass is 431 g/mol. The first kappa shape index (κ1) is 21.4. The Balaban J connectivity index is 1.72. The molecule has 0 bridgehead atoms. The SMILES string of the molecule is CC1(C)C(CNc2ccc(F)cc2C(F)(F)F)C1c1ccc(NS(N)(=O)=O)cc1. The molecule has 1 fully saturated rings. The molecule has 2 aromatic rings. The van der Waals surface area contributed by atoms with E-state index in [-0.39, 0.29) is 29.5 Å². The molecule has 1 aliphatic rings. The molecule has 4 N–H and O–H groups in total. The molecule has 2 aromatic carbocycles. The lowest BCUT2D eigenvalue weighted by Crippen LogP contribution is -2.21. The number of hydrogen-bond acceptors (Lipinski definition) is 3. The third-order valence-electron chi connectivity index (χ3n) is 5.38. The summed E-state index contributed by atoms with van der Waals surface area (Å²) in [6.45, 7) is 4.30. The second kappa shape index (κ2) is 7.17. The Morgan fingerprint density at radius 1 is 1.10 bits per heavy atom. The van der Waals surface area contributed by atoms with Crippen molar-refractivity contribution in [3.05, 3.63) is 59.4 Å². The van der Waals surface area contributed by atoms with Crippen LogP contribution in [0.3, 0.4) is 0 Å². The minimum Gasteiger partial charge on any atom is -0.384 e. The van der Waals surface area contributed by atoms with Gasteiger partial charge in [0.1, 0.15) is 5.82 Å². The summed E-state index contributed by atoms with van der Waals surface area (Å²) in [4.78, 5) is 0. The Morgan fingerprint density at radius 2 is 1.72 bits per heavy atom. The highest BCUT2D eigenvalue weighted by atomic mass is 32.2. The second-order valence-electron chi connectivity index (χ2n) is 7.74. The molecule has 29 heavy (non-hydrogen) atoms. The number of hydrogen-bond donors (Lipinski definition) is 3. The predicted molar refractivity (Wildman–Crippen MR) is 103 cm³/mol. The third kappa shape index (κ3) is 4.81. The van der Waals surface area contributed by atoms with Crippen LogP contribution < -0.4 is 15.2 Å².